The van der Waals surface area contributed by atoms with Crippen LogP contribution in [0, 0.1) is 16.2 Å². The minimum absolute atomic E-state index is 0.00794. The molecule has 2 rings (SSSR count). The molecule has 2 saturated heterocycles. The Kier molecular flexibility index (Phi) is 59.8. The molecule has 0 aromatic carbocycles. The first-order valence-corrected chi connectivity index (χ1v) is 48.0. The van der Waals surface area contributed by atoms with Crippen LogP contribution in [-0.4, -0.2) is 339 Å². The van der Waals surface area contributed by atoms with E-state index in [0.717, 1.165) is 82.4 Å². The van der Waals surface area contributed by atoms with Gasteiger partial charge < -0.3 is 130 Å². The number of nitrogens with one attached hydrogen (secondary N) is 10. The second-order valence-corrected chi connectivity index (χ2v) is 40.2. The number of carbonyl (C=O) groups is 17. The summed E-state index contributed by atoms with van der Waals surface area (Å²) in [7, 11) is 5.27. The lowest BCUT2D eigenvalue weighted by atomic mass is 9.70. The van der Waals surface area contributed by atoms with Crippen LogP contribution in [0.4, 0.5) is 0 Å². The molecule has 24 N–H and O–H groups in total. The summed E-state index contributed by atoms with van der Waals surface area (Å²) in [4.78, 5) is 233. The predicted molar refractivity (Wildman–Crippen MR) is 499 cm³/mol. The van der Waals surface area contributed by atoms with Crippen LogP contribution >= 0.6 is 53.4 Å². The van der Waals surface area contributed by atoms with Gasteiger partial charge in [0.25, 0.3) is 0 Å². The van der Waals surface area contributed by atoms with Gasteiger partial charge in [0.1, 0.15) is 76.6 Å². The minimum atomic E-state index is -1.87. The van der Waals surface area contributed by atoms with Gasteiger partial charge in [-0.05, 0) is 165 Å². The molecule has 760 valence electrons. The first kappa shape index (κ1) is 122. The van der Waals surface area contributed by atoms with Gasteiger partial charge in [-0.1, -0.05) is 86.1 Å². The minimum Gasteiger partial charge on any atom is -0.481 e. The third-order valence-electron chi connectivity index (χ3n) is 20.6. The zero-order valence-electron chi connectivity index (χ0n) is 78.2. The van der Waals surface area contributed by atoms with Crippen LogP contribution in [-0.2, 0) is 115 Å². The Hall–Kier alpha value is -8.73. The second-order valence-electron chi connectivity index (χ2n) is 34.0. The van der Waals surface area contributed by atoms with E-state index in [2.05, 4.69) is 102 Å². The molecule has 0 radical (unpaired) electrons. The van der Waals surface area contributed by atoms with E-state index >= 15 is 0 Å². The summed E-state index contributed by atoms with van der Waals surface area (Å²) in [6, 6.07) is -9.68. The van der Waals surface area contributed by atoms with Crippen LogP contribution in [0.1, 0.15) is 190 Å². The monoisotopic (exact) mass is 2060 g/mol. The first-order valence-electron chi connectivity index (χ1n) is 44.0. The lowest BCUT2D eigenvalue weighted by molar-refractivity contribution is -0.164. The largest absolute Gasteiger partial charge is 0.481 e. The number of unbranched alkanes of at least 4 members (excludes halogenated alkanes) is 5. The molecule has 0 aliphatic carbocycles. The quantitative estimate of drug-likeness (QED) is 0.00461. The number of aliphatic imine (C=N–C) groups is 2. The Morgan fingerprint density at radius 1 is 0.549 bits per heavy atom. The molecule has 0 aromatic rings. The number of nitrogens with two attached hydrogens (primary N) is 5. The fraction of sp³-hybridized carbons (Fsp3) is 0.771. The van der Waals surface area contributed by atoms with Crippen molar-refractivity contribution in [3.8, 4) is 0 Å². The summed E-state index contributed by atoms with van der Waals surface area (Å²) in [6.45, 7) is 15.1. The van der Waals surface area contributed by atoms with Crippen molar-refractivity contribution < 1.29 is 135 Å². The van der Waals surface area contributed by atoms with Gasteiger partial charge in [0, 0.05) is 52.0 Å². The van der Waals surface area contributed by atoms with E-state index in [0.29, 0.717) is 28.1 Å². The number of guanidine groups is 2. The number of Topliss-reactive ketones (excluding diaryl/α,β-unsaturated/α-hetero) is 1. The van der Waals surface area contributed by atoms with Gasteiger partial charge in [0.15, 0.2) is 17.7 Å². The number of imide groups is 1. The Morgan fingerprint density at radius 3 is 1.61 bits per heavy atom. The number of carboxylic acid groups (broad SMARTS) is 2. The number of aliphatic hydroxyl groups is 2. The van der Waals surface area contributed by atoms with Gasteiger partial charge >= 0.3 is 41.8 Å². The van der Waals surface area contributed by atoms with Gasteiger partial charge in [0.05, 0.1) is 81.8 Å². The highest BCUT2D eigenvalue weighted by atomic mass is 79.9. The number of halogens is 2. The summed E-state index contributed by atoms with van der Waals surface area (Å²) in [5, 5.41) is 64.5. The fourth-order valence-corrected chi connectivity index (χ4v) is 18.1. The average molecular weight is 2070 g/mol. The number of ether oxygens (including phenoxy) is 7. The SMILES string of the molecule is CCCCC(O)CNCCCCCNCCCCCNCC(O)COC(=O)C(C)(Br)CC(C)(CC(C)(C)C(=O)OCCOC)C(=O)OC.COC(=O)C(C)(Br)CC(C)(C)C(=O)OCCOCC(=O)C[C@H]1SSCC(C(N)=O)NC(=O)[C@H](CC(=O)O)NC(=O)C2CCCN2C(=O)CNC(=O)[C@H](CCCN=C(N)N)NC(=O)[C@H](CC(=O)O)NC(=O)CN[C@H](CCCN=C(N)N)C(=O)NC1=O. The third-order valence-corrected chi connectivity index (χ3v) is 24.5. The number of carboxylic acids is 2. The number of hydrogen-bond donors (Lipinski definition) is 19. The number of nitrogens with zero attached hydrogens (tertiary/aromatic N) is 3. The number of aliphatic carboxylic acids is 2. The molecule has 0 aromatic heterocycles. The van der Waals surface area contributed by atoms with Crippen molar-refractivity contribution in [2.24, 2.45) is 54.9 Å². The summed E-state index contributed by atoms with van der Waals surface area (Å²) in [6.07, 6.45) is 5.73. The Morgan fingerprint density at radius 2 is 1.07 bits per heavy atom. The van der Waals surface area contributed by atoms with Crippen molar-refractivity contribution in [1.29, 1.82) is 0 Å². The van der Waals surface area contributed by atoms with Crippen molar-refractivity contribution >= 4 is 166 Å². The number of primary amides is 1. The number of alkyl halides is 2. The first-order chi connectivity index (χ1) is 62.4. The summed E-state index contributed by atoms with van der Waals surface area (Å²) in [5.74, 6) is -17.7. The van der Waals surface area contributed by atoms with Crippen LogP contribution in [0.2, 0.25) is 0 Å². The zero-order chi connectivity index (χ0) is 101. The van der Waals surface area contributed by atoms with E-state index in [4.69, 9.17) is 61.8 Å². The van der Waals surface area contributed by atoms with Crippen LogP contribution in [0.15, 0.2) is 9.98 Å². The van der Waals surface area contributed by atoms with Crippen molar-refractivity contribution in [2.45, 2.75) is 253 Å². The number of fused-ring (bicyclic) bond motifs is 1. The van der Waals surface area contributed by atoms with E-state index in [1.54, 1.807) is 27.7 Å². The number of hydrogen-bond acceptors (Lipinski definition) is 34. The van der Waals surface area contributed by atoms with Gasteiger partial charge in [-0.2, -0.15) is 0 Å². The smallest absolute Gasteiger partial charge is 0.322 e. The standard InChI is InChI=1S/C48H76BrN15O19S2.C35H68BrN3O9/c1-47(2,23-48(3,49)44(80)81-4)43(79)83-15-14-82-21-24(65)16-31-42(78)63-38(74)25(8-5-11-55-45(51)52)57-19-32(66)59-27(17-34(68)69)39(75)60-26(9-6-12-56-46(53)54)37(73)58-20-33(67)64-13-7-10-30(64)41(77)61-28(18-35(70)71)40(76)62-29(36(50)72)22-84-85-31;1-8-9-16-28(40)23-38-19-14-10-12-17-37-18-13-11-15-20-39-24-29(41)25-48-32(44)35(5,36)27-34(4,31(43)46-7)26-33(2,3)30(42)47-22-21-45-6/h25-31,57H,5-23H2,1-4H3,(H2,50,72)(H,58,73)(H,59,66)(H,60,75)(H,61,77)(H,62,76)(H,68,69)(H,70,71)(H4,51,52,55)(H4,53,54,56)(H,63,74,78);28-29,37-41H,8-27H2,1-7H3/t25-,26+,27+,28+,29?,30?,31-,48?;/m1./s1. The van der Waals surface area contributed by atoms with E-state index in [1.165, 1.54) is 48.5 Å². The molecule has 2 heterocycles. The number of carbonyl (C=O) groups excluding carboxylic acids is 15. The molecule has 12 atom stereocenters. The number of aliphatic hydroxyl groups excluding tert-OH is 2. The number of ketones is 1. The zero-order valence-corrected chi connectivity index (χ0v) is 83.0. The van der Waals surface area contributed by atoms with Crippen LogP contribution in [0.5, 0.6) is 0 Å². The maximum atomic E-state index is 14.1. The highest BCUT2D eigenvalue weighted by Gasteiger charge is 2.50. The lowest BCUT2D eigenvalue weighted by Crippen LogP contribution is -2.58. The van der Waals surface area contributed by atoms with Crippen molar-refractivity contribution in [1.82, 2.24) is 58.1 Å². The molecular formula is C83H144Br2N18O28S2. The molecule has 0 spiro atoms. The van der Waals surface area contributed by atoms with E-state index in [-0.39, 0.29) is 135 Å². The molecule has 133 heavy (non-hydrogen) atoms. The number of rotatable bonds is 55. The maximum absolute atomic E-state index is 14.1. The number of amides is 9. The van der Waals surface area contributed by atoms with Crippen LogP contribution in [0.25, 0.3) is 0 Å². The summed E-state index contributed by atoms with van der Waals surface area (Å²) >= 11 is 6.69. The van der Waals surface area contributed by atoms with Gasteiger partial charge in [0.2, 0.25) is 53.2 Å². The van der Waals surface area contributed by atoms with Crippen molar-refractivity contribution in [3.63, 3.8) is 0 Å². The van der Waals surface area contributed by atoms with Crippen LogP contribution in [0.3, 0.4) is 0 Å². The Balaban J connectivity index is 0.00000156. The molecule has 7 unspecified atom stereocenters. The average Bonchev–Trinajstić information content (AvgIpc) is 0.987. The summed E-state index contributed by atoms with van der Waals surface area (Å²) in [5.41, 5.74) is 23.9. The van der Waals surface area contributed by atoms with E-state index in [1.807, 2.05) is 0 Å². The van der Waals surface area contributed by atoms with Gasteiger partial charge in [-0.25, -0.2) is 0 Å². The predicted octanol–water partition coefficient (Wildman–Crippen LogP) is -1.92. The topological polar surface area (TPSA) is 714 Å². The van der Waals surface area contributed by atoms with E-state index < -0.39 is 218 Å². The Labute approximate surface area is 801 Å². The Bertz CT molecular complexity index is 3810. The van der Waals surface area contributed by atoms with Gasteiger partial charge in [-0.15, -0.1) is 0 Å². The second kappa shape index (κ2) is 65.1. The number of methoxy groups -OCH3 is 3. The van der Waals surface area contributed by atoms with E-state index in [9.17, 15) is 102 Å². The molecule has 0 bridgehead atoms. The van der Waals surface area contributed by atoms with Crippen LogP contribution < -0.4 is 81.8 Å². The molecular weight excluding hydrogens is 1920 g/mol. The van der Waals surface area contributed by atoms with Crippen molar-refractivity contribution in [3.05, 3.63) is 0 Å². The molecule has 46 nitrogen and oxygen atoms in total. The molecule has 0 saturated carbocycles. The fourth-order valence-electron chi connectivity index (χ4n) is 13.9. The summed E-state index contributed by atoms with van der Waals surface area (Å²) < 4.78 is 33.7. The number of esters is 5. The lowest BCUT2D eigenvalue weighted by Gasteiger charge is -2.37. The molecule has 9 amide bonds. The molecule has 2 aliphatic rings. The highest BCUT2D eigenvalue weighted by Crippen LogP contribution is 2.45. The third kappa shape index (κ3) is 51.7. The molecule has 2 fully saturated rings. The maximum Gasteiger partial charge on any atom is 0.322 e. The molecule has 2 aliphatic heterocycles. The normalized spacial score (nSPS) is 20.2. The van der Waals surface area contributed by atoms with Gasteiger partial charge in [-0.3, -0.25) is 102 Å². The highest BCUT2D eigenvalue weighted by molar-refractivity contribution is 9.10. The van der Waals surface area contributed by atoms with Crippen molar-refractivity contribution in [2.75, 3.05) is 139 Å². The molecule has 50 heteroatoms.